The van der Waals surface area contributed by atoms with Crippen LogP contribution in [-0.4, -0.2) is 47.1 Å². The molecule has 18 heavy (non-hydrogen) atoms. The van der Waals surface area contributed by atoms with Gasteiger partial charge in [0.1, 0.15) is 0 Å². The fourth-order valence-corrected chi connectivity index (χ4v) is 2.63. The van der Waals surface area contributed by atoms with Gasteiger partial charge in [0.15, 0.2) is 12.6 Å². The Morgan fingerprint density at radius 3 is 2.39 bits per heavy atom. The van der Waals surface area contributed by atoms with E-state index in [-0.39, 0.29) is 12.6 Å². The largest absolute Gasteiger partial charge is 0.367 e. The molecule has 0 saturated heterocycles. The Bertz CT molecular complexity index is 207. The molecule has 0 amide bonds. The maximum absolute atomic E-state index is 9.90. The lowest BCUT2D eigenvalue weighted by molar-refractivity contribution is -0.125. The first kappa shape index (κ1) is 15.9. The molecule has 1 unspecified atom stereocenters. The van der Waals surface area contributed by atoms with E-state index in [4.69, 9.17) is 14.9 Å². The van der Waals surface area contributed by atoms with Crippen molar-refractivity contribution in [1.29, 1.82) is 0 Å². The summed E-state index contributed by atoms with van der Waals surface area (Å²) >= 11 is 0. The van der Waals surface area contributed by atoms with Crippen LogP contribution < -0.4 is 5.32 Å². The molecular weight excluding hydrogens is 234 g/mol. The van der Waals surface area contributed by atoms with Crippen LogP contribution in [0.3, 0.4) is 0 Å². The van der Waals surface area contributed by atoms with E-state index >= 15 is 0 Å². The van der Waals surface area contributed by atoms with Crippen molar-refractivity contribution in [2.75, 3.05) is 13.2 Å². The van der Waals surface area contributed by atoms with Crippen molar-refractivity contribution < 1.29 is 20.1 Å². The highest BCUT2D eigenvalue weighted by Gasteiger charge is 2.24. The molecule has 1 aliphatic rings. The molecule has 0 heterocycles. The number of aliphatic hydroxyl groups is 3. The summed E-state index contributed by atoms with van der Waals surface area (Å²) < 4.78 is 5.21. The van der Waals surface area contributed by atoms with E-state index in [1.807, 2.05) is 6.92 Å². The van der Waals surface area contributed by atoms with Crippen molar-refractivity contribution in [1.82, 2.24) is 5.32 Å². The van der Waals surface area contributed by atoms with Gasteiger partial charge in [-0.2, -0.15) is 0 Å². The number of nitrogens with one attached hydrogen (secondary N) is 1. The fraction of sp³-hybridized carbons (Fsp3) is 1.00. The zero-order chi connectivity index (χ0) is 13.4. The molecular formula is C13H27NO4. The van der Waals surface area contributed by atoms with Crippen molar-refractivity contribution in [3.05, 3.63) is 0 Å². The first-order valence-corrected chi connectivity index (χ1v) is 7.02. The molecule has 0 radical (unpaired) electrons. The topological polar surface area (TPSA) is 82.0 Å². The third-order valence-corrected chi connectivity index (χ3v) is 3.56. The Morgan fingerprint density at radius 1 is 1.17 bits per heavy atom. The van der Waals surface area contributed by atoms with Crippen molar-refractivity contribution in [2.45, 2.75) is 64.1 Å². The Labute approximate surface area is 109 Å². The van der Waals surface area contributed by atoms with E-state index in [2.05, 4.69) is 5.32 Å². The number of rotatable bonds is 8. The maximum atomic E-state index is 9.90. The summed E-state index contributed by atoms with van der Waals surface area (Å²) in [5.74, 6) is 0.599. The average Bonchev–Trinajstić information content (AvgIpc) is 2.35. The minimum atomic E-state index is -1.40. The molecule has 0 aromatic carbocycles. The van der Waals surface area contributed by atoms with E-state index in [0.29, 0.717) is 12.5 Å². The lowest BCUT2D eigenvalue weighted by Crippen LogP contribution is -2.45. The van der Waals surface area contributed by atoms with Gasteiger partial charge >= 0.3 is 0 Å². The lowest BCUT2D eigenvalue weighted by Gasteiger charge is -2.30. The molecule has 0 bridgehead atoms. The highest BCUT2D eigenvalue weighted by atomic mass is 16.6. The predicted octanol–water partition coefficient (Wildman–Crippen LogP) is 0.581. The van der Waals surface area contributed by atoms with Gasteiger partial charge in [-0.3, -0.25) is 0 Å². The summed E-state index contributed by atoms with van der Waals surface area (Å²) in [5, 5.41) is 30.7. The van der Waals surface area contributed by atoms with Crippen LogP contribution in [0.15, 0.2) is 0 Å². The van der Waals surface area contributed by atoms with Gasteiger partial charge in [-0.15, -0.1) is 0 Å². The fourth-order valence-electron chi connectivity index (χ4n) is 2.63. The van der Waals surface area contributed by atoms with Crippen LogP contribution in [0, 0.1) is 5.92 Å². The standard InChI is InChI=1S/C13H27NO4/c1-2-18-13(17)11(14-9-12(15)16)8-10-6-4-3-5-7-10/h10-17H,2-9H2,1H3/t11-,13?/m0/s1. The van der Waals surface area contributed by atoms with Crippen molar-refractivity contribution >= 4 is 0 Å². The van der Waals surface area contributed by atoms with Crippen molar-refractivity contribution in [2.24, 2.45) is 5.92 Å². The Morgan fingerprint density at radius 2 is 1.83 bits per heavy atom. The Kier molecular flexibility index (Phi) is 7.77. The Hall–Kier alpha value is -0.200. The van der Waals surface area contributed by atoms with Crippen LogP contribution in [0.5, 0.6) is 0 Å². The molecule has 1 rings (SSSR count). The number of ether oxygens (including phenoxy) is 1. The smallest absolute Gasteiger partial charge is 0.169 e. The minimum Gasteiger partial charge on any atom is -0.367 e. The monoisotopic (exact) mass is 261 g/mol. The van der Waals surface area contributed by atoms with Crippen LogP contribution in [0.2, 0.25) is 0 Å². The average molecular weight is 261 g/mol. The normalized spacial score (nSPS) is 21.2. The molecule has 0 spiro atoms. The van der Waals surface area contributed by atoms with Gasteiger partial charge in [0.2, 0.25) is 0 Å². The molecule has 1 fully saturated rings. The van der Waals surface area contributed by atoms with Gasteiger partial charge < -0.3 is 25.4 Å². The minimum absolute atomic E-state index is 0.0571. The van der Waals surface area contributed by atoms with Gasteiger partial charge in [-0.1, -0.05) is 32.1 Å². The van der Waals surface area contributed by atoms with E-state index < -0.39 is 12.6 Å². The van der Waals surface area contributed by atoms with E-state index in [9.17, 15) is 5.11 Å². The summed E-state index contributed by atoms with van der Waals surface area (Å²) in [5.41, 5.74) is 0. The summed E-state index contributed by atoms with van der Waals surface area (Å²) in [7, 11) is 0. The van der Waals surface area contributed by atoms with E-state index in [1.54, 1.807) is 0 Å². The molecule has 4 N–H and O–H groups in total. The molecule has 1 saturated carbocycles. The third-order valence-electron chi connectivity index (χ3n) is 3.56. The summed E-state index contributed by atoms with van der Waals surface area (Å²) in [4.78, 5) is 0. The number of aliphatic hydroxyl groups excluding tert-OH is 2. The van der Waals surface area contributed by atoms with Crippen LogP contribution in [0.25, 0.3) is 0 Å². The van der Waals surface area contributed by atoms with E-state index in [1.165, 1.54) is 32.1 Å². The molecule has 108 valence electrons. The molecule has 5 nitrogen and oxygen atoms in total. The molecule has 0 aliphatic heterocycles. The van der Waals surface area contributed by atoms with Gasteiger partial charge in [0.25, 0.3) is 0 Å². The maximum Gasteiger partial charge on any atom is 0.169 e. The van der Waals surface area contributed by atoms with Gasteiger partial charge in [-0.25, -0.2) is 0 Å². The van der Waals surface area contributed by atoms with Crippen LogP contribution in [-0.2, 0) is 4.74 Å². The first-order chi connectivity index (χ1) is 8.63. The molecule has 0 aromatic rings. The van der Waals surface area contributed by atoms with Crippen LogP contribution in [0.4, 0.5) is 0 Å². The zero-order valence-corrected chi connectivity index (χ0v) is 11.2. The van der Waals surface area contributed by atoms with Crippen LogP contribution in [0.1, 0.15) is 45.4 Å². The SMILES string of the molecule is CCOC(O)[C@H](CC1CCCCC1)NCC(O)O. The second-order valence-electron chi connectivity index (χ2n) is 5.08. The zero-order valence-electron chi connectivity index (χ0n) is 11.2. The molecule has 1 aliphatic carbocycles. The lowest BCUT2D eigenvalue weighted by atomic mass is 9.84. The first-order valence-electron chi connectivity index (χ1n) is 7.02. The summed E-state index contributed by atoms with van der Waals surface area (Å²) in [6.45, 7) is 2.34. The van der Waals surface area contributed by atoms with Gasteiger partial charge in [0.05, 0.1) is 6.04 Å². The number of hydrogen-bond acceptors (Lipinski definition) is 5. The summed E-state index contributed by atoms with van der Waals surface area (Å²) in [6.07, 6.45) is 4.75. The highest BCUT2D eigenvalue weighted by molar-refractivity contribution is 4.77. The third kappa shape index (κ3) is 6.11. The second kappa shape index (κ2) is 8.82. The van der Waals surface area contributed by atoms with Crippen LogP contribution >= 0.6 is 0 Å². The highest BCUT2D eigenvalue weighted by Crippen LogP contribution is 2.28. The number of hydrogen-bond donors (Lipinski definition) is 4. The van der Waals surface area contributed by atoms with E-state index in [0.717, 1.165) is 6.42 Å². The Balaban J connectivity index is 2.41. The second-order valence-corrected chi connectivity index (χ2v) is 5.08. The molecule has 0 aromatic heterocycles. The predicted molar refractivity (Wildman–Crippen MR) is 68.8 cm³/mol. The molecule has 5 heteroatoms. The van der Waals surface area contributed by atoms with Gasteiger partial charge in [0, 0.05) is 13.2 Å². The van der Waals surface area contributed by atoms with Crippen molar-refractivity contribution in [3.63, 3.8) is 0 Å². The van der Waals surface area contributed by atoms with Crippen molar-refractivity contribution in [3.8, 4) is 0 Å². The quantitative estimate of drug-likeness (QED) is 0.481. The van der Waals surface area contributed by atoms with Gasteiger partial charge in [-0.05, 0) is 19.3 Å². The molecule has 2 atom stereocenters. The summed E-state index contributed by atoms with van der Waals surface area (Å²) in [6, 6.07) is -0.227.